The Balaban J connectivity index is 1.75. The fourth-order valence-electron chi connectivity index (χ4n) is 3.26. The fourth-order valence-corrected chi connectivity index (χ4v) is 3.26. The van der Waals surface area contributed by atoms with Gasteiger partial charge in [0, 0.05) is 38.2 Å². The van der Waals surface area contributed by atoms with E-state index in [1.54, 1.807) is 0 Å². The topological polar surface area (TPSA) is 70.7 Å². The first kappa shape index (κ1) is 16.2. The van der Waals surface area contributed by atoms with Crippen molar-refractivity contribution in [3.05, 3.63) is 0 Å². The number of likely N-dealkylation sites (tertiary alicyclic amines) is 1. The van der Waals surface area contributed by atoms with Gasteiger partial charge in [-0.05, 0) is 39.2 Å². The van der Waals surface area contributed by atoms with Gasteiger partial charge in [-0.15, -0.1) is 0 Å². The molecule has 2 amide bonds. The highest BCUT2D eigenvalue weighted by Crippen LogP contribution is 2.21. The summed E-state index contributed by atoms with van der Waals surface area (Å²) in [5.41, 5.74) is 0. The molecule has 120 valence electrons. The second kappa shape index (κ2) is 7.75. The van der Waals surface area contributed by atoms with E-state index in [-0.39, 0.29) is 24.5 Å². The van der Waals surface area contributed by atoms with E-state index in [0.717, 1.165) is 45.3 Å². The summed E-state index contributed by atoms with van der Waals surface area (Å²) in [6.07, 6.45) is 3.54. The molecule has 0 aromatic carbocycles. The maximum Gasteiger partial charge on any atom is 0.246 e. The molecule has 2 aliphatic heterocycles. The van der Waals surface area contributed by atoms with Crippen LogP contribution in [0.3, 0.4) is 0 Å². The van der Waals surface area contributed by atoms with E-state index in [1.807, 2.05) is 4.90 Å². The van der Waals surface area contributed by atoms with Gasteiger partial charge in [0.2, 0.25) is 11.8 Å². The SMILES string of the molecule is COCC(=O)NC1CCN(C(=O)C2CCNC(C)C2)CC1. The fraction of sp³-hybridized carbons (Fsp3) is 0.867. The summed E-state index contributed by atoms with van der Waals surface area (Å²) in [7, 11) is 1.51. The molecule has 0 bridgehead atoms. The van der Waals surface area contributed by atoms with Crippen LogP contribution in [0, 0.1) is 5.92 Å². The lowest BCUT2D eigenvalue weighted by molar-refractivity contribution is -0.138. The molecule has 0 aromatic heterocycles. The molecule has 0 spiro atoms. The van der Waals surface area contributed by atoms with Crippen LogP contribution in [-0.2, 0) is 14.3 Å². The van der Waals surface area contributed by atoms with Crippen LogP contribution >= 0.6 is 0 Å². The number of amides is 2. The Kier molecular flexibility index (Phi) is 5.99. The number of carbonyl (C=O) groups is 2. The third-order valence-corrected chi connectivity index (χ3v) is 4.42. The lowest BCUT2D eigenvalue weighted by Crippen LogP contribution is -2.50. The third-order valence-electron chi connectivity index (χ3n) is 4.42. The number of nitrogens with zero attached hydrogens (tertiary/aromatic N) is 1. The maximum absolute atomic E-state index is 12.5. The Bertz CT molecular complexity index is 367. The molecule has 2 aliphatic rings. The highest BCUT2D eigenvalue weighted by atomic mass is 16.5. The van der Waals surface area contributed by atoms with Gasteiger partial charge in [0.25, 0.3) is 0 Å². The predicted octanol–water partition coefficient (Wildman–Crippen LogP) is 0.128. The van der Waals surface area contributed by atoms with E-state index in [2.05, 4.69) is 17.6 Å². The highest BCUT2D eigenvalue weighted by Gasteiger charge is 2.31. The van der Waals surface area contributed by atoms with E-state index < -0.39 is 0 Å². The molecule has 0 saturated carbocycles. The largest absolute Gasteiger partial charge is 0.375 e. The summed E-state index contributed by atoms with van der Waals surface area (Å²) in [6, 6.07) is 0.599. The summed E-state index contributed by atoms with van der Waals surface area (Å²) in [6.45, 7) is 4.66. The van der Waals surface area contributed by atoms with Crippen molar-refractivity contribution in [1.29, 1.82) is 0 Å². The van der Waals surface area contributed by atoms with E-state index >= 15 is 0 Å². The molecule has 2 heterocycles. The molecule has 2 fully saturated rings. The van der Waals surface area contributed by atoms with Gasteiger partial charge < -0.3 is 20.3 Å². The first-order chi connectivity index (χ1) is 10.1. The average Bonchev–Trinajstić information content (AvgIpc) is 2.47. The lowest BCUT2D eigenvalue weighted by atomic mass is 9.91. The second-order valence-electron chi connectivity index (χ2n) is 6.18. The highest BCUT2D eigenvalue weighted by molar-refractivity contribution is 5.79. The number of piperidine rings is 2. The zero-order valence-electron chi connectivity index (χ0n) is 13.1. The van der Waals surface area contributed by atoms with Crippen LogP contribution in [0.2, 0.25) is 0 Å². The van der Waals surface area contributed by atoms with Crippen molar-refractivity contribution in [2.24, 2.45) is 5.92 Å². The van der Waals surface area contributed by atoms with Crippen molar-refractivity contribution >= 4 is 11.8 Å². The van der Waals surface area contributed by atoms with Gasteiger partial charge in [-0.25, -0.2) is 0 Å². The molecular formula is C15H27N3O3. The van der Waals surface area contributed by atoms with Crippen LogP contribution < -0.4 is 10.6 Å². The van der Waals surface area contributed by atoms with Gasteiger partial charge in [0.15, 0.2) is 0 Å². The van der Waals surface area contributed by atoms with Crippen molar-refractivity contribution in [3.63, 3.8) is 0 Å². The Hall–Kier alpha value is -1.14. The molecule has 0 aromatic rings. The second-order valence-corrected chi connectivity index (χ2v) is 6.18. The summed E-state index contributed by atoms with van der Waals surface area (Å²) in [5, 5.41) is 6.33. The lowest BCUT2D eigenvalue weighted by Gasteiger charge is -2.36. The van der Waals surface area contributed by atoms with Crippen molar-refractivity contribution in [1.82, 2.24) is 15.5 Å². The first-order valence-corrected chi connectivity index (χ1v) is 7.90. The van der Waals surface area contributed by atoms with Crippen molar-refractivity contribution in [2.45, 2.75) is 44.7 Å². The molecule has 2 rings (SSSR count). The molecule has 2 N–H and O–H groups in total. The molecular weight excluding hydrogens is 270 g/mol. The van der Waals surface area contributed by atoms with Crippen LogP contribution in [0.4, 0.5) is 0 Å². The number of hydrogen-bond donors (Lipinski definition) is 2. The van der Waals surface area contributed by atoms with E-state index in [1.165, 1.54) is 7.11 Å². The smallest absolute Gasteiger partial charge is 0.246 e. The zero-order valence-corrected chi connectivity index (χ0v) is 13.1. The van der Waals surface area contributed by atoms with E-state index in [0.29, 0.717) is 11.9 Å². The molecule has 0 radical (unpaired) electrons. The summed E-state index contributed by atoms with van der Waals surface area (Å²) >= 11 is 0. The standard InChI is InChI=1S/C15H27N3O3/c1-11-9-12(3-6-16-11)15(20)18-7-4-13(5-8-18)17-14(19)10-21-2/h11-13,16H,3-10H2,1-2H3,(H,17,19). The van der Waals surface area contributed by atoms with Gasteiger partial charge >= 0.3 is 0 Å². The molecule has 2 atom stereocenters. The van der Waals surface area contributed by atoms with Crippen LogP contribution in [-0.4, -0.2) is 62.1 Å². The average molecular weight is 297 g/mol. The molecule has 2 unspecified atom stereocenters. The zero-order chi connectivity index (χ0) is 15.2. The van der Waals surface area contributed by atoms with Gasteiger partial charge in [-0.2, -0.15) is 0 Å². The molecule has 6 nitrogen and oxygen atoms in total. The first-order valence-electron chi connectivity index (χ1n) is 7.90. The molecule has 0 aliphatic carbocycles. The number of ether oxygens (including phenoxy) is 1. The maximum atomic E-state index is 12.5. The van der Waals surface area contributed by atoms with Crippen LogP contribution in [0.5, 0.6) is 0 Å². The summed E-state index contributed by atoms with van der Waals surface area (Å²) in [4.78, 5) is 26.0. The Labute approximate surface area is 126 Å². The normalized spacial score (nSPS) is 27.4. The monoisotopic (exact) mass is 297 g/mol. The molecule has 6 heteroatoms. The van der Waals surface area contributed by atoms with E-state index in [9.17, 15) is 9.59 Å². The number of carbonyl (C=O) groups excluding carboxylic acids is 2. The van der Waals surface area contributed by atoms with Crippen LogP contribution in [0.25, 0.3) is 0 Å². The Morgan fingerprint density at radius 3 is 2.62 bits per heavy atom. The predicted molar refractivity (Wildman–Crippen MR) is 79.8 cm³/mol. The third kappa shape index (κ3) is 4.68. The number of nitrogens with one attached hydrogen (secondary N) is 2. The minimum atomic E-state index is -0.0746. The minimum absolute atomic E-state index is 0.0746. The van der Waals surface area contributed by atoms with Gasteiger partial charge in [-0.1, -0.05) is 0 Å². The van der Waals surface area contributed by atoms with Gasteiger partial charge in [-0.3, -0.25) is 9.59 Å². The van der Waals surface area contributed by atoms with Gasteiger partial charge in [0.1, 0.15) is 6.61 Å². The van der Waals surface area contributed by atoms with Crippen LogP contribution in [0.15, 0.2) is 0 Å². The van der Waals surface area contributed by atoms with Crippen LogP contribution in [0.1, 0.15) is 32.6 Å². The summed E-state index contributed by atoms with van der Waals surface area (Å²) in [5.74, 6) is 0.389. The molecule has 21 heavy (non-hydrogen) atoms. The van der Waals surface area contributed by atoms with E-state index in [4.69, 9.17) is 4.74 Å². The molecule has 2 saturated heterocycles. The minimum Gasteiger partial charge on any atom is -0.375 e. The number of hydrogen-bond acceptors (Lipinski definition) is 4. The Morgan fingerprint density at radius 1 is 1.29 bits per heavy atom. The number of rotatable bonds is 4. The summed E-state index contributed by atoms with van der Waals surface area (Å²) < 4.78 is 4.81. The Morgan fingerprint density at radius 2 is 2.00 bits per heavy atom. The van der Waals surface area contributed by atoms with Crippen molar-refractivity contribution < 1.29 is 14.3 Å². The van der Waals surface area contributed by atoms with Crippen molar-refractivity contribution in [2.75, 3.05) is 33.4 Å². The van der Waals surface area contributed by atoms with Gasteiger partial charge in [0.05, 0.1) is 0 Å². The quantitative estimate of drug-likeness (QED) is 0.774. The van der Waals surface area contributed by atoms with Crippen molar-refractivity contribution in [3.8, 4) is 0 Å². The number of methoxy groups -OCH3 is 1.